The molecule has 2 aliphatic heterocycles. The van der Waals surface area contributed by atoms with Crippen LogP contribution in [0.3, 0.4) is 0 Å². The van der Waals surface area contributed by atoms with E-state index < -0.39 is 11.9 Å². The monoisotopic (exact) mass is 429 g/mol. The number of pyridine rings is 1. The van der Waals surface area contributed by atoms with Crippen LogP contribution in [0.15, 0.2) is 82.6 Å². The molecule has 3 heterocycles. The predicted molar refractivity (Wildman–Crippen MR) is 121 cm³/mol. The molecule has 1 unspecified atom stereocenters. The normalized spacial score (nSPS) is 21.1. The third kappa shape index (κ3) is 3.80. The molecule has 1 aromatic heterocycles. The van der Waals surface area contributed by atoms with Crippen molar-refractivity contribution in [2.75, 3.05) is 16.0 Å². The molecule has 1 saturated carbocycles. The van der Waals surface area contributed by atoms with Crippen molar-refractivity contribution in [1.82, 2.24) is 4.98 Å². The van der Waals surface area contributed by atoms with Gasteiger partial charge in [-0.15, -0.1) is 4.59 Å². The maximum absolute atomic E-state index is 13.0. The van der Waals surface area contributed by atoms with Crippen molar-refractivity contribution in [3.05, 3.63) is 72.6 Å². The summed E-state index contributed by atoms with van der Waals surface area (Å²) in [6.45, 7) is 0. The van der Waals surface area contributed by atoms with E-state index in [2.05, 4.69) is 30.9 Å². The number of allylic oxidation sites excluding steroid dienone is 2. The molecule has 1 atom stereocenters. The number of benzene rings is 1. The fourth-order valence-electron chi connectivity index (χ4n) is 3.56. The van der Waals surface area contributed by atoms with E-state index in [4.69, 9.17) is 5.84 Å². The largest absolute Gasteiger partial charge is 0.333 e. The second-order valence-electron chi connectivity index (χ2n) is 7.69. The van der Waals surface area contributed by atoms with E-state index in [9.17, 15) is 9.59 Å². The molecule has 10 nitrogen and oxygen atoms in total. The fraction of sp³-hybridized carbons (Fsp3) is 0.136. The van der Waals surface area contributed by atoms with Gasteiger partial charge in [-0.2, -0.15) is 10.8 Å². The zero-order chi connectivity index (χ0) is 22.1. The number of hydrogen-bond acceptors (Lipinski definition) is 6. The Balaban J connectivity index is 1.24. The maximum atomic E-state index is 13.0. The Morgan fingerprint density at radius 2 is 1.72 bits per heavy atom. The molecule has 3 aliphatic rings. The smallest absolute Gasteiger partial charge is 0.316 e. The Bertz CT molecular complexity index is 1200. The summed E-state index contributed by atoms with van der Waals surface area (Å²) in [7, 11) is 0. The van der Waals surface area contributed by atoms with Gasteiger partial charge in [-0.25, -0.2) is 4.79 Å². The summed E-state index contributed by atoms with van der Waals surface area (Å²) in [6, 6.07) is 9.84. The third-order valence-corrected chi connectivity index (χ3v) is 5.31. The highest BCUT2D eigenvalue weighted by Gasteiger charge is 2.50. The van der Waals surface area contributed by atoms with Gasteiger partial charge in [-0.1, -0.05) is 0 Å². The zero-order valence-electron chi connectivity index (χ0n) is 17.0. The van der Waals surface area contributed by atoms with Gasteiger partial charge in [0.05, 0.1) is 24.3 Å². The van der Waals surface area contributed by atoms with Crippen LogP contribution in [0.25, 0.3) is 0 Å². The number of aliphatic imine (C=N–C) groups is 2. The summed E-state index contributed by atoms with van der Waals surface area (Å²) >= 11 is 0. The number of carbonyl (C=O) groups excluding carboxylic acids is 2. The van der Waals surface area contributed by atoms with E-state index in [-0.39, 0.29) is 10.4 Å². The molecule has 1 fully saturated rings. The van der Waals surface area contributed by atoms with Gasteiger partial charge in [0.1, 0.15) is 11.9 Å². The average molecular weight is 429 g/mol. The highest BCUT2D eigenvalue weighted by atomic mass is 16.2. The van der Waals surface area contributed by atoms with Crippen molar-refractivity contribution >= 4 is 41.1 Å². The molecule has 160 valence electrons. The van der Waals surface area contributed by atoms with Crippen molar-refractivity contribution in [3.63, 3.8) is 0 Å². The van der Waals surface area contributed by atoms with Gasteiger partial charge < -0.3 is 16.0 Å². The van der Waals surface area contributed by atoms with Gasteiger partial charge in [0.15, 0.2) is 0 Å². The van der Waals surface area contributed by atoms with Crippen molar-refractivity contribution in [2.45, 2.75) is 12.8 Å². The number of quaternary nitrogens is 1. The molecule has 0 spiro atoms. The SMILES string of the molecule is N[N+]12C=CN=CC1=C(C1CC1)N=C2C(=O)Nc1ccc(NC(=O)Nc2cccnc2)cc1. The number of fused-ring (bicyclic) bond motifs is 1. The van der Waals surface area contributed by atoms with Crippen LogP contribution in [0.2, 0.25) is 0 Å². The summed E-state index contributed by atoms with van der Waals surface area (Å²) in [4.78, 5) is 37.8. The van der Waals surface area contributed by atoms with Gasteiger partial charge in [0.2, 0.25) is 5.70 Å². The number of carbonyl (C=O) groups is 2. The molecule has 3 amide bonds. The number of urea groups is 1. The van der Waals surface area contributed by atoms with Crippen LogP contribution in [-0.2, 0) is 4.79 Å². The minimum atomic E-state index is -0.394. The van der Waals surface area contributed by atoms with Crippen LogP contribution in [0.5, 0.6) is 0 Å². The fourth-order valence-corrected chi connectivity index (χ4v) is 3.56. The lowest BCUT2D eigenvalue weighted by Crippen LogP contribution is -2.56. The van der Waals surface area contributed by atoms with Crippen molar-refractivity contribution < 1.29 is 14.2 Å². The number of rotatable bonds is 5. The lowest BCUT2D eigenvalue weighted by Gasteiger charge is -2.25. The van der Waals surface area contributed by atoms with Gasteiger partial charge >= 0.3 is 17.8 Å². The predicted octanol–water partition coefficient (Wildman–Crippen LogP) is 2.94. The first kappa shape index (κ1) is 19.8. The average Bonchev–Trinajstić information content (AvgIpc) is 3.58. The first-order valence-electron chi connectivity index (χ1n) is 10.1. The molecule has 2 aromatic rings. The molecular formula is C22H21N8O2+. The summed E-state index contributed by atoms with van der Waals surface area (Å²) in [5, 5.41) is 8.25. The lowest BCUT2D eigenvalue weighted by molar-refractivity contribution is -0.749. The summed E-state index contributed by atoms with van der Waals surface area (Å²) in [6.07, 6.45) is 10.1. The molecule has 0 radical (unpaired) electrons. The second-order valence-corrected chi connectivity index (χ2v) is 7.69. The topological polar surface area (TPSA) is 134 Å². The third-order valence-electron chi connectivity index (χ3n) is 5.31. The van der Waals surface area contributed by atoms with Crippen molar-refractivity contribution in [3.8, 4) is 0 Å². The first-order valence-corrected chi connectivity index (χ1v) is 10.1. The van der Waals surface area contributed by atoms with Gasteiger partial charge in [-0.3, -0.25) is 14.8 Å². The van der Waals surface area contributed by atoms with Crippen LogP contribution < -0.4 is 21.8 Å². The Labute approximate surface area is 183 Å². The number of aromatic nitrogens is 1. The minimum Gasteiger partial charge on any atom is -0.316 e. The molecule has 1 aromatic carbocycles. The van der Waals surface area contributed by atoms with Crippen LogP contribution in [0.1, 0.15) is 12.8 Å². The van der Waals surface area contributed by atoms with E-state index in [1.54, 1.807) is 67.4 Å². The molecule has 0 saturated heterocycles. The molecule has 5 rings (SSSR count). The number of anilines is 3. The van der Waals surface area contributed by atoms with E-state index in [1.807, 2.05) is 0 Å². The highest BCUT2D eigenvalue weighted by Crippen LogP contribution is 2.43. The number of nitrogens with two attached hydrogens (primary N) is 1. The van der Waals surface area contributed by atoms with Crippen molar-refractivity contribution in [1.29, 1.82) is 0 Å². The van der Waals surface area contributed by atoms with Gasteiger partial charge in [-0.05, 0) is 49.2 Å². The van der Waals surface area contributed by atoms with E-state index >= 15 is 0 Å². The van der Waals surface area contributed by atoms with E-state index in [0.717, 1.165) is 24.2 Å². The molecule has 0 bridgehead atoms. The number of nitrogens with one attached hydrogen (secondary N) is 3. The maximum Gasteiger partial charge on any atom is 0.333 e. The van der Waals surface area contributed by atoms with Gasteiger partial charge in [0.25, 0.3) is 0 Å². The van der Waals surface area contributed by atoms with Crippen molar-refractivity contribution in [2.24, 2.45) is 21.7 Å². The quantitative estimate of drug-likeness (QED) is 0.429. The molecular weight excluding hydrogens is 408 g/mol. The van der Waals surface area contributed by atoms with Crippen LogP contribution in [0, 0.1) is 5.92 Å². The summed E-state index contributed by atoms with van der Waals surface area (Å²) < 4.78 is -0.282. The molecule has 10 heteroatoms. The first-order chi connectivity index (χ1) is 15.5. The summed E-state index contributed by atoms with van der Waals surface area (Å²) in [5.74, 6) is 6.65. The summed E-state index contributed by atoms with van der Waals surface area (Å²) in [5.41, 5.74) is 3.28. The standard InChI is InChI=1S/C22H20N8O2/c23-30-11-10-25-13-18(30)19(14-3-4-14)29-20(30)21(31)26-15-5-7-16(8-6-15)27-22(32)28-17-2-1-9-24-12-17/h1-2,5-14H,3-4,23H2,(H2-,25,26,27,28,29,31,32)/p+1. The molecule has 32 heavy (non-hydrogen) atoms. The second kappa shape index (κ2) is 7.84. The lowest BCUT2D eigenvalue weighted by atomic mass is 10.2. The Morgan fingerprint density at radius 3 is 2.41 bits per heavy atom. The minimum absolute atomic E-state index is 0.197. The molecule has 5 N–H and O–H groups in total. The number of hydrogen-bond donors (Lipinski definition) is 4. The van der Waals surface area contributed by atoms with E-state index in [1.165, 1.54) is 0 Å². The highest BCUT2D eigenvalue weighted by molar-refractivity contribution is 6.40. The zero-order valence-corrected chi connectivity index (χ0v) is 17.0. The number of amides is 3. The van der Waals surface area contributed by atoms with Crippen LogP contribution >= 0.6 is 0 Å². The number of nitrogens with zero attached hydrogens (tertiary/aromatic N) is 4. The number of amidine groups is 1. The Hall–Kier alpha value is -4.15. The van der Waals surface area contributed by atoms with E-state index in [0.29, 0.717) is 23.0 Å². The van der Waals surface area contributed by atoms with Gasteiger partial charge in [0, 0.05) is 23.5 Å². The van der Waals surface area contributed by atoms with Crippen LogP contribution in [-0.4, -0.2) is 33.6 Å². The Kier molecular flexibility index (Phi) is 4.85. The van der Waals surface area contributed by atoms with Crippen LogP contribution in [0.4, 0.5) is 21.9 Å². The molecule has 1 aliphatic carbocycles. The Morgan fingerprint density at radius 1 is 1.00 bits per heavy atom.